The van der Waals surface area contributed by atoms with Gasteiger partial charge in [0.05, 0.1) is 18.5 Å². The van der Waals surface area contributed by atoms with Crippen molar-refractivity contribution in [2.75, 3.05) is 25.0 Å². The van der Waals surface area contributed by atoms with Gasteiger partial charge in [0.2, 0.25) is 0 Å². The molecule has 2 fully saturated rings. The topological polar surface area (TPSA) is 128 Å². The standard InChI is InChI=1S/C15H22N6O3/c22-5-8-3-10(13(24)12(8)23)21-7-19-11-14(17-6-18-15(11)21)20-9-1-2-16-4-9/h6-10,12-13,16,22-24H,1-5H2,(H,17,18,20)/t8-,9+,10-,12-,13+/m1/s1. The van der Waals surface area contributed by atoms with E-state index in [0.717, 1.165) is 19.5 Å². The van der Waals surface area contributed by atoms with Crippen molar-refractivity contribution < 1.29 is 15.3 Å². The van der Waals surface area contributed by atoms with Gasteiger partial charge in [0.15, 0.2) is 11.5 Å². The highest BCUT2D eigenvalue weighted by atomic mass is 16.3. The quantitative estimate of drug-likeness (QED) is 0.475. The molecule has 0 spiro atoms. The Morgan fingerprint density at radius 3 is 2.83 bits per heavy atom. The maximum Gasteiger partial charge on any atom is 0.165 e. The minimum Gasteiger partial charge on any atom is -0.396 e. The molecular formula is C15H22N6O3. The Morgan fingerprint density at radius 2 is 2.12 bits per heavy atom. The number of aliphatic hydroxyl groups excluding tert-OH is 3. The van der Waals surface area contributed by atoms with Gasteiger partial charge in [-0.15, -0.1) is 0 Å². The molecule has 5 N–H and O–H groups in total. The van der Waals surface area contributed by atoms with Crippen LogP contribution >= 0.6 is 0 Å². The summed E-state index contributed by atoms with van der Waals surface area (Å²) in [6.45, 7) is 1.71. The molecule has 0 unspecified atom stereocenters. The second-order valence-corrected chi connectivity index (χ2v) is 6.61. The number of fused-ring (bicyclic) bond motifs is 1. The van der Waals surface area contributed by atoms with Crippen molar-refractivity contribution in [3.63, 3.8) is 0 Å². The first-order valence-corrected chi connectivity index (χ1v) is 8.31. The van der Waals surface area contributed by atoms with Crippen LogP contribution in [0.5, 0.6) is 0 Å². The summed E-state index contributed by atoms with van der Waals surface area (Å²) in [7, 11) is 0. The first kappa shape index (κ1) is 15.7. The molecule has 4 rings (SSSR count). The van der Waals surface area contributed by atoms with Gasteiger partial charge >= 0.3 is 0 Å². The van der Waals surface area contributed by atoms with Crippen LogP contribution in [0.25, 0.3) is 11.2 Å². The average Bonchev–Trinajstić information content (AvgIpc) is 3.30. The summed E-state index contributed by atoms with van der Waals surface area (Å²) in [5.74, 6) is 0.339. The van der Waals surface area contributed by atoms with Crippen LogP contribution in [0.2, 0.25) is 0 Å². The number of aliphatic hydroxyl groups is 3. The van der Waals surface area contributed by atoms with E-state index in [9.17, 15) is 15.3 Å². The van der Waals surface area contributed by atoms with Crippen LogP contribution in [-0.2, 0) is 0 Å². The molecule has 2 aromatic heterocycles. The first-order valence-electron chi connectivity index (χ1n) is 8.31. The highest BCUT2D eigenvalue weighted by Gasteiger charge is 2.42. The van der Waals surface area contributed by atoms with Gasteiger partial charge in [0.1, 0.15) is 17.9 Å². The zero-order valence-corrected chi connectivity index (χ0v) is 13.2. The maximum absolute atomic E-state index is 10.3. The largest absolute Gasteiger partial charge is 0.396 e. The smallest absolute Gasteiger partial charge is 0.165 e. The monoisotopic (exact) mass is 334 g/mol. The third-order valence-electron chi connectivity index (χ3n) is 5.12. The number of nitrogens with zero attached hydrogens (tertiary/aromatic N) is 4. The molecule has 0 bridgehead atoms. The van der Waals surface area contributed by atoms with Crippen LogP contribution in [0.15, 0.2) is 12.7 Å². The number of aromatic nitrogens is 4. The second-order valence-electron chi connectivity index (χ2n) is 6.61. The predicted octanol–water partition coefficient (Wildman–Crippen LogP) is -1.12. The van der Waals surface area contributed by atoms with Crippen molar-refractivity contribution in [1.29, 1.82) is 0 Å². The van der Waals surface area contributed by atoms with Crippen LogP contribution in [0.4, 0.5) is 5.82 Å². The Kier molecular flexibility index (Phi) is 4.09. The summed E-state index contributed by atoms with van der Waals surface area (Å²) in [6.07, 6.45) is 2.71. The Labute approximate surface area is 138 Å². The summed E-state index contributed by atoms with van der Waals surface area (Å²) in [5.41, 5.74) is 1.27. The normalized spacial score (nSPS) is 33.4. The van der Waals surface area contributed by atoms with Crippen LogP contribution in [0, 0.1) is 5.92 Å². The molecule has 130 valence electrons. The zero-order chi connectivity index (χ0) is 16.7. The molecule has 1 aliphatic carbocycles. The van der Waals surface area contributed by atoms with Gasteiger partial charge in [-0.3, -0.25) is 0 Å². The van der Waals surface area contributed by atoms with Crippen molar-refractivity contribution in [2.45, 2.75) is 37.1 Å². The highest BCUT2D eigenvalue weighted by Crippen LogP contribution is 2.37. The molecule has 24 heavy (non-hydrogen) atoms. The van der Waals surface area contributed by atoms with E-state index in [1.165, 1.54) is 6.33 Å². The van der Waals surface area contributed by atoms with Crippen molar-refractivity contribution in [3.8, 4) is 0 Å². The zero-order valence-electron chi connectivity index (χ0n) is 13.2. The van der Waals surface area contributed by atoms with Crippen LogP contribution in [0.3, 0.4) is 0 Å². The second kappa shape index (κ2) is 6.25. The summed E-state index contributed by atoms with van der Waals surface area (Å²) in [6, 6.07) is -0.0519. The van der Waals surface area contributed by atoms with Gasteiger partial charge in [-0.1, -0.05) is 0 Å². The molecule has 9 nitrogen and oxygen atoms in total. The van der Waals surface area contributed by atoms with Crippen molar-refractivity contribution in [3.05, 3.63) is 12.7 Å². The lowest BCUT2D eigenvalue weighted by molar-refractivity contribution is -0.00370. The van der Waals surface area contributed by atoms with Gasteiger partial charge in [-0.05, 0) is 19.4 Å². The molecule has 2 aromatic rings. The Bertz CT molecular complexity index is 716. The number of anilines is 1. The van der Waals surface area contributed by atoms with Crippen LogP contribution < -0.4 is 10.6 Å². The number of imidazole rings is 1. The fourth-order valence-electron chi connectivity index (χ4n) is 3.73. The maximum atomic E-state index is 10.3. The molecule has 9 heteroatoms. The van der Waals surface area contributed by atoms with E-state index in [1.54, 1.807) is 10.9 Å². The SMILES string of the molecule is OC[C@H]1C[C@@H](n2cnc3c(N[C@H]4CCNC4)ncnc32)[C@H](O)[C@@H]1O. The van der Waals surface area contributed by atoms with Crippen molar-refractivity contribution >= 4 is 17.0 Å². The molecule has 1 saturated heterocycles. The molecule has 0 amide bonds. The van der Waals surface area contributed by atoms with Crippen LogP contribution in [-0.4, -0.2) is 72.8 Å². The third kappa shape index (κ3) is 2.53. The summed E-state index contributed by atoms with van der Waals surface area (Å²) in [4.78, 5) is 13.0. The summed E-state index contributed by atoms with van der Waals surface area (Å²) < 4.78 is 1.78. The van der Waals surface area contributed by atoms with Gasteiger partial charge in [-0.25, -0.2) is 15.0 Å². The summed E-state index contributed by atoms with van der Waals surface area (Å²) >= 11 is 0. The number of rotatable bonds is 4. The van der Waals surface area contributed by atoms with Crippen molar-refractivity contribution in [2.24, 2.45) is 5.92 Å². The fourth-order valence-corrected chi connectivity index (χ4v) is 3.73. The third-order valence-corrected chi connectivity index (χ3v) is 5.12. The average molecular weight is 334 g/mol. The molecule has 1 aliphatic heterocycles. The van der Waals surface area contributed by atoms with E-state index in [0.29, 0.717) is 29.4 Å². The predicted molar refractivity (Wildman–Crippen MR) is 86.5 cm³/mol. The molecule has 1 saturated carbocycles. The number of hydrogen-bond acceptors (Lipinski definition) is 8. The van der Waals surface area contributed by atoms with Gasteiger partial charge in [0.25, 0.3) is 0 Å². The molecule has 3 heterocycles. The molecule has 0 aromatic carbocycles. The molecule has 2 aliphatic rings. The van der Waals surface area contributed by atoms with Crippen LogP contribution in [0.1, 0.15) is 18.9 Å². The van der Waals surface area contributed by atoms with Gasteiger partial charge < -0.3 is 30.5 Å². The Balaban J connectivity index is 1.65. The van der Waals surface area contributed by atoms with Gasteiger partial charge in [-0.2, -0.15) is 0 Å². The lowest BCUT2D eigenvalue weighted by atomic mass is 10.1. The first-order chi connectivity index (χ1) is 11.7. The van der Waals surface area contributed by atoms with E-state index in [1.807, 2.05) is 0 Å². The van der Waals surface area contributed by atoms with E-state index >= 15 is 0 Å². The number of hydrogen-bond donors (Lipinski definition) is 5. The van der Waals surface area contributed by atoms with E-state index in [-0.39, 0.29) is 18.6 Å². The molecule has 5 atom stereocenters. The number of nitrogens with one attached hydrogen (secondary N) is 2. The Hall–Kier alpha value is -1.81. The lowest BCUT2D eigenvalue weighted by Gasteiger charge is -2.18. The van der Waals surface area contributed by atoms with E-state index in [4.69, 9.17) is 0 Å². The summed E-state index contributed by atoms with van der Waals surface area (Å²) in [5, 5.41) is 36.4. The fraction of sp³-hybridized carbons (Fsp3) is 0.667. The van der Waals surface area contributed by atoms with Crippen molar-refractivity contribution in [1.82, 2.24) is 24.8 Å². The molecule has 0 radical (unpaired) electrons. The van der Waals surface area contributed by atoms with Gasteiger partial charge in [0, 0.05) is 25.1 Å². The Morgan fingerprint density at radius 1 is 1.25 bits per heavy atom. The molecular weight excluding hydrogens is 312 g/mol. The van der Waals surface area contributed by atoms with E-state index in [2.05, 4.69) is 25.6 Å². The lowest BCUT2D eigenvalue weighted by Crippen LogP contribution is -2.30. The highest BCUT2D eigenvalue weighted by molar-refractivity contribution is 5.82. The van der Waals surface area contributed by atoms with E-state index < -0.39 is 12.2 Å². The minimum atomic E-state index is -0.954. The minimum absolute atomic E-state index is 0.155.